The first kappa shape index (κ1) is 26.2. The molecule has 5 rings (SSSR count). The number of alkyl halides is 2. The lowest BCUT2D eigenvalue weighted by atomic mass is 9.84. The Kier molecular flexibility index (Phi) is 7.35. The molecule has 2 aliphatic rings. The Morgan fingerprint density at radius 3 is 2.43 bits per heavy atom. The zero-order valence-electron chi connectivity index (χ0n) is 19.8. The summed E-state index contributed by atoms with van der Waals surface area (Å²) in [4.78, 5) is 25.1. The number of halogens is 5. The standard InChI is InChI=1S/C24H26Cl3F2N7O/c25-13-8-16(26)20(17(27)9-13)34-23-33-18-11-31-22(32-14-5-6-24(28,29)10-14)35-21(18)36(23)15-3-1-12(2-4-15)7-19(30)37/h8-9,11-12,14-15H,1-7,10H2,(H2,30,37)(H,33,34)(H,31,32,35)/t12-,14-,15+/m0/s1. The predicted molar refractivity (Wildman–Crippen MR) is 141 cm³/mol. The number of hydrogen-bond acceptors (Lipinski definition) is 6. The van der Waals surface area contributed by atoms with E-state index >= 15 is 0 Å². The number of carbonyl (C=O) groups excluding carboxylic acids is 1. The number of rotatable bonds is 7. The van der Waals surface area contributed by atoms with Gasteiger partial charge in [0, 0.05) is 36.4 Å². The maximum atomic E-state index is 13.7. The number of benzene rings is 1. The van der Waals surface area contributed by atoms with Crippen LogP contribution in [0.5, 0.6) is 0 Å². The number of aromatic nitrogens is 4. The number of anilines is 3. The highest BCUT2D eigenvalue weighted by atomic mass is 35.5. The fraction of sp³-hybridized carbons (Fsp3) is 0.500. The number of amides is 1. The Hall–Kier alpha value is -2.43. The largest absolute Gasteiger partial charge is 0.370 e. The molecular formula is C24H26Cl3F2N7O. The van der Waals surface area contributed by atoms with Crippen molar-refractivity contribution in [1.82, 2.24) is 19.5 Å². The SMILES string of the molecule is NC(=O)C[C@H]1CC[C@@H](n2c(Nc3c(Cl)cc(Cl)cc3Cl)nc3cnc(N[C@H]4CCC(F)(F)C4)nc32)CC1. The molecule has 1 atom stereocenters. The van der Waals surface area contributed by atoms with Crippen LogP contribution in [-0.2, 0) is 4.79 Å². The Morgan fingerprint density at radius 1 is 1.11 bits per heavy atom. The summed E-state index contributed by atoms with van der Waals surface area (Å²) in [5.41, 5.74) is 6.95. The lowest BCUT2D eigenvalue weighted by molar-refractivity contribution is -0.119. The minimum Gasteiger partial charge on any atom is -0.370 e. The first-order valence-electron chi connectivity index (χ1n) is 12.2. The maximum absolute atomic E-state index is 13.7. The van der Waals surface area contributed by atoms with Gasteiger partial charge in [-0.25, -0.2) is 18.7 Å². The molecule has 13 heteroatoms. The molecule has 1 aromatic carbocycles. The summed E-state index contributed by atoms with van der Waals surface area (Å²) < 4.78 is 29.4. The summed E-state index contributed by atoms with van der Waals surface area (Å²) in [6.07, 6.45) is 5.07. The highest BCUT2D eigenvalue weighted by Gasteiger charge is 2.39. The van der Waals surface area contributed by atoms with Crippen molar-refractivity contribution in [2.75, 3.05) is 10.6 Å². The summed E-state index contributed by atoms with van der Waals surface area (Å²) in [5.74, 6) is -2.00. The topological polar surface area (TPSA) is 111 Å². The predicted octanol–water partition coefficient (Wildman–Crippen LogP) is 6.74. The van der Waals surface area contributed by atoms with Gasteiger partial charge in [-0.15, -0.1) is 0 Å². The molecule has 0 unspecified atom stereocenters. The van der Waals surface area contributed by atoms with Crippen LogP contribution in [0.25, 0.3) is 11.2 Å². The second-order valence-corrected chi connectivity index (χ2v) is 11.1. The van der Waals surface area contributed by atoms with E-state index in [2.05, 4.69) is 20.6 Å². The molecule has 0 radical (unpaired) electrons. The van der Waals surface area contributed by atoms with Crippen molar-refractivity contribution in [2.45, 2.75) is 69.4 Å². The van der Waals surface area contributed by atoms with E-state index in [0.29, 0.717) is 50.7 Å². The number of imidazole rings is 1. The van der Waals surface area contributed by atoms with Crippen LogP contribution >= 0.6 is 34.8 Å². The van der Waals surface area contributed by atoms with Crippen molar-refractivity contribution in [2.24, 2.45) is 11.7 Å². The molecule has 4 N–H and O–H groups in total. The molecule has 1 amide bonds. The summed E-state index contributed by atoms with van der Waals surface area (Å²) >= 11 is 18.9. The third-order valence-electron chi connectivity index (χ3n) is 7.08. The van der Waals surface area contributed by atoms with E-state index in [1.54, 1.807) is 18.3 Å². The van der Waals surface area contributed by atoms with Crippen LogP contribution in [0.1, 0.15) is 57.4 Å². The summed E-state index contributed by atoms with van der Waals surface area (Å²) in [6, 6.07) is 2.77. The van der Waals surface area contributed by atoms with Gasteiger partial charge in [-0.1, -0.05) is 34.8 Å². The first-order valence-corrected chi connectivity index (χ1v) is 13.3. The van der Waals surface area contributed by atoms with Gasteiger partial charge >= 0.3 is 0 Å². The number of primary amides is 1. The van der Waals surface area contributed by atoms with E-state index < -0.39 is 12.0 Å². The van der Waals surface area contributed by atoms with Gasteiger partial charge < -0.3 is 16.4 Å². The smallest absolute Gasteiger partial charge is 0.250 e. The number of nitrogens with two attached hydrogens (primary N) is 1. The summed E-state index contributed by atoms with van der Waals surface area (Å²) in [7, 11) is 0. The number of hydrogen-bond donors (Lipinski definition) is 3. The quantitative estimate of drug-likeness (QED) is 0.289. The van der Waals surface area contributed by atoms with Crippen LogP contribution in [0.3, 0.4) is 0 Å². The molecule has 0 bridgehead atoms. The fourth-order valence-corrected chi connectivity index (χ4v) is 6.23. The highest BCUT2D eigenvalue weighted by Crippen LogP contribution is 2.41. The van der Waals surface area contributed by atoms with Crippen molar-refractivity contribution in [3.05, 3.63) is 33.4 Å². The Balaban J connectivity index is 1.49. The molecule has 198 valence electrons. The molecule has 2 fully saturated rings. The molecule has 2 saturated carbocycles. The fourth-order valence-electron chi connectivity index (χ4n) is 5.32. The summed E-state index contributed by atoms with van der Waals surface area (Å²) in [6.45, 7) is 0. The molecule has 37 heavy (non-hydrogen) atoms. The third kappa shape index (κ3) is 5.86. The van der Waals surface area contributed by atoms with Crippen molar-refractivity contribution in [3.8, 4) is 0 Å². The maximum Gasteiger partial charge on any atom is 0.250 e. The van der Waals surface area contributed by atoms with E-state index in [1.807, 2.05) is 4.57 Å². The highest BCUT2D eigenvalue weighted by molar-refractivity contribution is 6.41. The van der Waals surface area contributed by atoms with E-state index in [1.165, 1.54) is 0 Å². The lowest BCUT2D eigenvalue weighted by Gasteiger charge is -2.30. The second-order valence-electron chi connectivity index (χ2n) is 9.86. The molecule has 8 nitrogen and oxygen atoms in total. The number of nitrogens with one attached hydrogen (secondary N) is 2. The van der Waals surface area contributed by atoms with Crippen LogP contribution in [0.2, 0.25) is 15.1 Å². The molecule has 3 aromatic rings. The van der Waals surface area contributed by atoms with Gasteiger partial charge in [-0.2, -0.15) is 4.98 Å². The number of nitrogens with zero attached hydrogens (tertiary/aromatic N) is 4. The monoisotopic (exact) mass is 571 g/mol. The molecule has 2 aliphatic carbocycles. The molecule has 2 heterocycles. The molecule has 2 aromatic heterocycles. The van der Waals surface area contributed by atoms with Crippen LogP contribution in [0, 0.1) is 5.92 Å². The van der Waals surface area contributed by atoms with E-state index in [-0.39, 0.29) is 36.7 Å². The van der Waals surface area contributed by atoms with Crippen LogP contribution in [-0.4, -0.2) is 37.4 Å². The minimum absolute atomic E-state index is 0.0139. The summed E-state index contributed by atoms with van der Waals surface area (Å²) in [5, 5.41) is 7.36. The van der Waals surface area contributed by atoms with Gasteiger partial charge in [0.2, 0.25) is 23.7 Å². The Bertz CT molecular complexity index is 1300. The van der Waals surface area contributed by atoms with Crippen molar-refractivity contribution in [1.29, 1.82) is 0 Å². The Morgan fingerprint density at radius 2 is 1.81 bits per heavy atom. The van der Waals surface area contributed by atoms with Gasteiger partial charge in [-0.05, 0) is 50.2 Å². The normalized spacial score (nSPS) is 23.3. The minimum atomic E-state index is -2.68. The van der Waals surface area contributed by atoms with Crippen molar-refractivity contribution in [3.63, 3.8) is 0 Å². The Labute approximate surface area is 227 Å². The van der Waals surface area contributed by atoms with Gasteiger partial charge in [-0.3, -0.25) is 9.36 Å². The lowest BCUT2D eigenvalue weighted by Crippen LogP contribution is -2.24. The van der Waals surface area contributed by atoms with Gasteiger partial charge in [0.15, 0.2) is 5.65 Å². The second kappa shape index (κ2) is 10.4. The van der Waals surface area contributed by atoms with Crippen molar-refractivity contribution >= 4 is 69.5 Å². The zero-order valence-corrected chi connectivity index (χ0v) is 22.1. The van der Waals surface area contributed by atoms with E-state index in [4.69, 9.17) is 45.5 Å². The molecule has 0 aliphatic heterocycles. The van der Waals surface area contributed by atoms with Gasteiger partial charge in [0.25, 0.3) is 0 Å². The third-order valence-corrected chi connectivity index (χ3v) is 7.90. The van der Waals surface area contributed by atoms with Gasteiger partial charge in [0.1, 0.15) is 5.52 Å². The van der Waals surface area contributed by atoms with Crippen LogP contribution in [0.4, 0.5) is 26.4 Å². The molecule has 0 spiro atoms. The van der Waals surface area contributed by atoms with Crippen LogP contribution < -0.4 is 16.4 Å². The molecule has 0 saturated heterocycles. The van der Waals surface area contributed by atoms with E-state index in [9.17, 15) is 13.6 Å². The molecular weight excluding hydrogens is 547 g/mol. The average Bonchev–Trinajstić information content (AvgIpc) is 3.34. The zero-order chi connectivity index (χ0) is 26.3. The number of fused-ring (bicyclic) bond motifs is 1. The first-order chi connectivity index (χ1) is 17.6. The number of carbonyl (C=O) groups is 1. The average molecular weight is 573 g/mol. The van der Waals surface area contributed by atoms with E-state index in [0.717, 1.165) is 25.7 Å². The van der Waals surface area contributed by atoms with Gasteiger partial charge in [0.05, 0.1) is 21.9 Å². The van der Waals surface area contributed by atoms with Crippen LogP contribution in [0.15, 0.2) is 18.3 Å². The van der Waals surface area contributed by atoms with Crippen molar-refractivity contribution < 1.29 is 13.6 Å².